The van der Waals surface area contributed by atoms with Crippen LogP contribution in [0.1, 0.15) is 24.5 Å². The number of nitrogens with zero attached hydrogens (tertiary/aromatic N) is 1. The molecule has 102 valence electrons. The van der Waals surface area contributed by atoms with Crippen molar-refractivity contribution in [3.63, 3.8) is 0 Å². The monoisotopic (exact) mass is 262 g/mol. The van der Waals surface area contributed by atoms with Crippen LogP contribution < -0.4 is 10.6 Å². The number of anilines is 1. The highest BCUT2D eigenvalue weighted by Crippen LogP contribution is 2.30. The van der Waals surface area contributed by atoms with E-state index in [9.17, 15) is 9.59 Å². The molecule has 0 fully saturated rings. The number of hydrogen-bond acceptors (Lipinski definition) is 3. The molecule has 0 bridgehead atoms. The van der Waals surface area contributed by atoms with Gasteiger partial charge < -0.3 is 15.7 Å². The summed E-state index contributed by atoms with van der Waals surface area (Å²) < 4.78 is 0. The molecule has 0 saturated heterocycles. The number of aliphatic carboxylic acids is 1. The molecule has 1 atom stereocenters. The highest BCUT2D eigenvalue weighted by molar-refractivity contribution is 6.01. The molecule has 2 rings (SSSR count). The van der Waals surface area contributed by atoms with Crippen LogP contribution in [0.3, 0.4) is 0 Å². The standard InChI is InChI=1S/C14H18N2O3/c1-2-10(14(18)19)8-16-12-4-3-9(7-15)5-11(12)6-13(16)17/h3-5,10H,2,6-8,15H2,1H3,(H,18,19). The number of amides is 1. The summed E-state index contributed by atoms with van der Waals surface area (Å²) >= 11 is 0. The molecular weight excluding hydrogens is 244 g/mol. The molecule has 0 aromatic heterocycles. The molecule has 1 aromatic rings. The summed E-state index contributed by atoms with van der Waals surface area (Å²) in [6.45, 7) is 2.49. The maximum absolute atomic E-state index is 12.0. The van der Waals surface area contributed by atoms with Crippen LogP contribution in [0.4, 0.5) is 5.69 Å². The van der Waals surface area contributed by atoms with E-state index in [1.165, 1.54) is 0 Å². The molecule has 1 heterocycles. The summed E-state index contributed by atoms with van der Waals surface area (Å²) in [6.07, 6.45) is 0.842. The lowest BCUT2D eigenvalue weighted by Gasteiger charge is -2.21. The molecule has 1 amide bonds. The van der Waals surface area contributed by atoms with E-state index in [1.807, 2.05) is 25.1 Å². The van der Waals surface area contributed by atoms with Gasteiger partial charge in [0.15, 0.2) is 0 Å². The van der Waals surface area contributed by atoms with Crippen molar-refractivity contribution in [2.75, 3.05) is 11.4 Å². The summed E-state index contributed by atoms with van der Waals surface area (Å²) in [4.78, 5) is 24.7. The van der Waals surface area contributed by atoms with Gasteiger partial charge in [0.2, 0.25) is 5.91 Å². The van der Waals surface area contributed by atoms with Gasteiger partial charge in [0, 0.05) is 18.8 Å². The van der Waals surface area contributed by atoms with Crippen molar-refractivity contribution in [1.29, 1.82) is 0 Å². The smallest absolute Gasteiger partial charge is 0.308 e. The lowest BCUT2D eigenvalue weighted by molar-refractivity contribution is -0.141. The van der Waals surface area contributed by atoms with E-state index in [-0.39, 0.29) is 12.5 Å². The van der Waals surface area contributed by atoms with Crippen LogP contribution in [0.15, 0.2) is 18.2 Å². The van der Waals surface area contributed by atoms with E-state index in [0.717, 1.165) is 16.8 Å². The third-order valence-electron chi connectivity index (χ3n) is 3.56. The molecular formula is C14H18N2O3. The van der Waals surface area contributed by atoms with Crippen molar-refractivity contribution in [3.8, 4) is 0 Å². The molecule has 1 aromatic carbocycles. The normalized spacial score (nSPS) is 15.5. The number of hydrogen-bond donors (Lipinski definition) is 2. The second-order valence-electron chi connectivity index (χ2n) is 4.79. The number of nitrogens with two attached hydrogens (primary N) is 1. The zero-order valence-electron chi connectivity index (χ0n) is 10.9. The Labute approximate surface area is 112 Å². The number of benzene rings is 1. The second kappa shape index (κ2) is 5.40. The minimum atomic E-state index is -0.859. The molecule has 0 aliphatic carbocycles. The van der Waals surface area contributed by atoms with Crippen molar-refractivity contribution in [2.24, 2.45) is 11.7 Å². The molecule has 5 heteroatoms. The van der Waals surface area contributed by atoms with Gasteiger partial charge in [-0.25, -0.2) is 0 Å². The average Bonchev–Trinajstić information content (AvgIpc) is 2.70. The van der Waals surface area contributed by atoms with Crippen LogP contribution >= 0.6 is 0 Å². The van der Waals surface area contributed by atoms with E-state index in [1.54, 1.807) is 4.90 Å². The van der Waals surface area contributed by atoms with Gasteiger partial charge in [-0.15, -0.1) is 0 Å². The number of carbonyl (C=O) groups excluding carboxylic acids is 1. The molecule has 5 nitrogen and oxygen atoms in total. The fourth-order valence-electron chi connectivity index (χ4n) is 2.37. The predicted octanol–water partition coefficient (Wildman–Crippen LogP) is 1.15. The zero-order chi connectivity index (χ0) is 14.0. The fraction of sp³-hybridized carbons (Fsp3) is 0.429. The van der Waals surface area contributed by atoms with Crippen LogP contribution in [-0.4, -0.2) is 23.5 Å². The van der Waals surface area contributed by atoms with Crippen LogP contribution in [0.2, 0.25) is 0 Å². The molecule has 0 saturated carbocycles. The second-order valence-corrected chi connectivity index (χ2v) is 4.79. The Hall–Kier alpha value is -1.88. The number of fused-ring (bicyclic) bond motifs is 1. The Morgan fingerprint density at radius 3 is 2.84 bits per heavy atom. The van der Waals surface area contributed by atoms with Gasteiger partial charge in [-0.05, 0) is 23.6 Å². The van der Waals surface area contributed by atoms with Crippen LogP contribution in [-0.2, 0) is 22.6 Å². The first kappa shape index (κ1) is 13.5. The van der Waals surface area contributed by atoms with E-state index in [4.69, 9.17) is 10.8 Å². The van der Waals surface area contributed by atoms with Crippen molar-refractivity contribution >= 4 is 17.6 Å². The third kappa shape index (κ3) is 2.61. The summed E-state index contributed by atoms with van der Waals surface area (Å²) in [6, 6.07) is 5.66. The highest BCUT2D eigenvalue weighted by atomic mass is 16.4. The summed E-state index contributed by atoms with van der Waals surface area (Å²) in [5, 5.41) is 9.10. The maximum Gasteiger partial charge on any atom is 0.308 e. The van der Waals surface area contributed by atoms with E-state index in [2.05, 4.69) is 0 Å². The Balaban J connectivity index is 2.25. The molecule has 1 aliphatic heterocycles. The van der Waals surface area contributed by atoms with Crippen LogP contribution in [0.5, 0.6) is 0 Å². The molecule has 3 N–H and O–H groups in total. The highest BCUT2D eigenvalue weighted by Gasteiger charge is 2.30. The first-order chi connectivity index (χ1) is 9.06. The topological polar surface area (TPSA) is 83.6 Å². The quantitative estimate of drug-likeness (QED) is 0.833. The summed E-state index contributed by atoms with van der Waals surface area (Å²) in [5.41, 5.74) is 8.32. The van der Waals surface area contributed by atoms with Gasteiger partial charge in [-0.3, -0.25) is 9.59 Å². The minimum Gasteiger partial charge on any atom is -0.481 e. The zero-order valence-corrected chi connectivity index (χ0v) is 10.9. The Morgan fingerprint density at radius 1 is 1.53 bits per heavy atom. The first-order valence-corrected chi connectivity index (χ1v) is 6.41. The molecule has 1 unspecified atom stereocenters. The Bertz CT molecular complexity index is 513. The van der Waals surface area contributed by atoms with Gasteiger partial charge >= 0.3 is 5.97 Å². The van der Waals surface area contributed by atoms with Crippen molar-refractivity contribution in [3.05, 3.63) is 29.3 Å². The lowest BCUT2D eigenvalue weighted by atomic mass is 10.1. The average molecular weight is 262 g/mol. The van der Waals surface area contributed by atoms with Crippen LogP contribution in [0, 0.1) is 5.92 Å². The molecule has 19 heavy (non-hydrogen) atoms. The van der Waals surface area contributed by atoms with Gasteiger partial charge in [0.25, 0.3) is 0 Å². The molecule has 0 radical (unpaired) electrons. The van der Waals surface area contributed by atoms with E-state index < -0.39 is 11.9 Å². The lowest BCUT2D eigenvalue weighted by Crippen LogP contribution is -2.35. The van der Waals surface area contributed by atoms with Gasteiger partial charge in [-0.1, -0.05) is 19.1 Å². The van der Waals surface area contributed by atoms with Crippen molar-refractivity contribution in [2.45, 2.75) is 26.3 Å². The molecule has 0 spiro atoms. The summed E-state index contributed by atoms with van der Waals surface area (Å²) in [7, 11) is 0. The first-order valence-electron chi connectivity index (χ1n) is 6.41. The SMILES string of the molecule is CCC(CN1C(=O)Cc2cc(CN)ccc21)C(=O)O. The third-order valence-corrected chi connectivity index (χ3v) is 3.56. The van der Waals surface area contributed by atoms with E-state index in [0.29, 0.717) is 19.4 Å². The van der Waals surface area contributed by atoms with Gasteiger partial charge in [0.05, 0.1) is 12.3 Å². The predicted molar refractivity (Wildman–Crippen MR) is 71.8 cm³/mol. The minimum absolute atomic E-state index is 0.0381. The largest absolute Gasteiger partial charge is 0.481 e. The number of carboxylic acid groups (broad SMARTS) is 1. The van der Waals surface area contributed by atoms with Gasteiger partial charge in [-0.2, -0.15) is 0 Å². The summed E-state index contributed by atoms with van der Waals surface area (Å²) in [5.74, 6) is -1.42. The fourth-order valence-corrected chi connectivity index (χ4v) is 2.37. The van der Waals surface area contributed by atoms with Crippen molar-refractivity contribution in [1.82, 2.24) is 0 Å². The Morgan fingerprint density at radius 2 is 2.26 bits per heavy atom. The Kier molecular flexibility index (Phi) is 3.85. The van der Waals surface area contributed by atoms with Gasteiger partial charge in [0.1, 0.15) is 0 Å². The maximum atomic E-state index is 12.0. The number of carboxylic acids is 1. The molecule has 1 aliphatic rings. The van der Waals surface area contributed by atoms with E-state index >= 15 is 0 Å². The number of carbonyl (C=O) groups is 2. The van der Waals surface area contributed by atoms with Crippen LogP contribution in [0.25, 0.3) is 0 Å². The van der Waals surface area contributed by atoms with Crippen molar-refractivity contribution < 1.29 is 14.7 Å². The number of rotatable bonds is 5.